The molecule has 8 nitrogen and oxygen atoms in total. The number of amides is 1. The van der Waals surface area contributed by atoms with Gasteiger partial charge < -0.3 is 23.4 Å². The third-order valence-electron chi connectivity index (χ3n) is 5.55. The van der Waals surface area contributed by atoms with E-state index in [2.05, 4.69) is 10.3 Å². The molecule has 0 saturated carbocycles. The molecule has 30 heavy (non-hydrogen) atoms. The van der Waals surface area contributed by atoms with Crippen molar-refractivity contribution in [3.63, 3.8) is 0 Å². The van der Waals surface area contributed by atoms with Gasteiger partial charge >= 0.3 is 0 Å². The SMILES string of the molecule is CCc1onc(C)c1[C@@H]1CCCN1C(=O)c1cc(-c2ccc(OC)c(OC)c2)on1. The molecule has 0 unspecified atom stereocenters. The van der Waals surface area contributed by atoms with Crippen LogP contribution in [0.25, 0.3) is 11.3 Å². The van der Waals surface area contributed by atoms with Crippen LogP contribution in [0.15, 0.2) is 33.3 Å². The lowest BCUT2D eigenvalue weighted by atomic mass is 10.0. The highest BCUT2D eigenvalue weighted by molar-refractivity contribution is 5.93. The molecule has 2 aromatic heterocycles. The lowest BCUT2D eigenvalue weighted by Crippen LogP contribution is -2.31. The molecule has 3 aromatic rings. The Morgan fingerprint density at radius 3 is 2.70 bits per heavy atom. The Morgan fingerprint density at radius 1 is 1.17 bits per heavy atom. The van der Waals surface area contributed by atoms with Gasteiger partial charge in [-0.05, 0) is 38.0 Å². The number of aromatic nitrogens is 2. The topological polar surface area (TPSA) is 90.8 Å². The van der Waals surface area contributed by atoms with Crippen LogP contribution in [0.5, 0.6) is 11.5 Å². The van der Waals surface area contributed by atoms with Crippen molar-refractivity contribution in [3.8, 4) is 22.8 Å². The van der Waals surface area contributed by atoms with E-state index >= 15 is 0 Å². The van der Waals surface area contributed by atoms with E-state index in [0.717, 1.165) is 41.8 Å². The number of carbonyl (C=O) groups excluding carboxylic acids is 1. The standard InChI is InChI=1S/C22H25N3O5/c1-5-17-21(13(2)23-29-17)16-7-6-10-25(16)22(26)15-12-19(30-24-15)14-8-9-18(27-3)20(11-14)28-4/h8-9,11-12,16H,5-7,10H2,1-4H3/t16-/m0/s1. The minimum atomic E-state index is -0.157. The van der Waals surface area contributed by atoms with Gasteiger partial charge in [0.1, 0.15) is 5.76 Å². The number of rotatable bonds is 6. The summed E-state index contributed by atoms with van der Waals surface area (Å²) in [5.74, 6) is 2.37. The van der Waals surface area contributed by atoms with Gasteiger partial charge in [0.2, 0.25) is 0 Å². The van der Waals surface area contributed by atoms with Crippen LogP contribution in [0, 0.1) is 6.92 Å². The van der Waals surface area contributed by atoms with Gasteiger partial charge in [0.05, 0.1) is 26.0 Å². The summed E-state index contributed by atoms with van der Waals surface area (Å²) in [6, 6.07) is 7.03. The van der Waals surface area contributed by atoms with Crippen LogP contribution in [0.4, 0.5) is 0 Å². The van der Waals surface area contributed by atoms with Crippen LogP contribution in [-0.2, 0) is 6.42 Å². The van der Waals surface area contributed by atoms with Gasteiger partial charge in [-0.1, -0.05) is 17.2 Å². The van der Waals surface area contributed by atoms with Crippen molar-refractivity contribution >= 4 is 5.91 Å². The smallest absolute Gasteiger partial charge is 0.276 e. The third-order valence-corrected chi connectivity index (χ3v) is 5.55. The molecular weight excluding hydrogens is 386 g/mol. The van der Waals surface area contributed by atoms with E-state index < -0.39 is 0 Å². The average molecular weight is 411 g/mol. The molecule has 0 aliphatic carbocycles. The third kappa shape index (κ3) is 3.42. The minimum absolute atomic E-state index is 0.0556. The molecule has 1 fully saturated rings. The number of hydrogen-bond donors (Lipinski definition) is 0. The van der Waals surface area contributed by atoms with Crippen LogP contribution >= 0.6 is 0 Å². The Morgan fingerprint density at radius 2 is 1.97 bits per heavy atom. The number of likely N-dealkylation sites (tertiary alicyclic amines) is 1. The molecule has 1 aromatic carbocycles. The van der Waals surface area contributed by atoms with Crippen LogP contribution in [0.3, 0.4) is 0 Å². The fraction of sp³-hybridized carbons (Fsp3) is 0.409. The Bertz CT molecular complexity index is 1050. The normalized spacial score (nSPS) is 16.1. The first-order valence-electron chi connectivity index (χ1n) is 10.0. The maximum atomic E-state index is 13.2. The van der Waals surface area contributed by atoms with Crippen molar-refractivity contribution in [1.82, 2.24) is 15.2 Å². The quantitative estimate of drug-likeness (QED) is 0.600. The maximum absolute atomic E-state index is 13.2. The molecule has 0 radical (unpaired) electrons. The fourth-order valence-corrected chi connectivity index (χ4v) is 4.06. The summed E-state index contributed by atoms with van der Waals surface area (Å²) in [5, 5.41) is 8.14. The Kier molecular flexibility index (Phi) is 5.48. The van der Waals surface area contributed by atoms with Gasteiger partial charge in [-0.2, -0.15) is 0 Å². The van der Waals surface area contributed by atoms with Gasteiger partial charge in [-0.25, -0.2) is 0 Å². The number of methoxy groups -OCH3 is 2. The van der Waals surface area contributed by atoms with Crippen molar-refractivity contribution < 1.29 is 23.3 Å². The molecule has 1 amide bonds. The van der Waals surface area contributed by atoms with E-state index in [-0.39, 0.29) is 17.6 Å². The lowest BCUT2D eigenvalue weighted by molar-refractivity contribution is 0.0724. The van der Waals surface area contributed by atoms with Crippen molar-refractivity contribution in [3.05, 3.63) is 47.0 Å². The summed E-state index contributed by atoms with van der Waals surface area (Å²) < 4.78 is 21.5. The largest absolute Gasteiger partial charge is 0.493 e. The molecule has 1 aliphatic rings. The van der Waals surface area contributed by atoms with Gasteiger partial charge in [0.15, 0.2) is 23.0 Å². The highest BCUT2D eigenvalue weighted by atomic mass is 16.5. The molecule has 0 bridgehead atoms. The lowest BCUT2D eigenvalue weighted by Gasteiger charge is -2.24. The fourth-order valence-electron chi connectivity index (χ4n) is 4.06. The Labute approximate surface area is 174 Å². The predicted octanol–water partition coefficient (Wildman–Crippen LogP) is 4.19. The van der Waals surface area contributed by atoms with Crippen LogP contribution in [-0.4, -0.2) is 41.9 Å². The number of benzene rings is 1. The number of ether oxygens (including phenoxy) is 2. The summed E-state index contributed by atoms with van der Waals surface area (Å²) in [7, 11) is 3.15. The molecule has 3 heterocycles. The van der Waals surface area contributed by atoms with E-state index in [1.165, 1.54) is 0 Å². The molecule has 158 valence electrons. The molecule has 1 aliphatic heterocycles. The maximum Gasteiger partial charge on any atom is 0.276 e. The average Bonchev–Trinajstić information content (AvgIpc) is 3.51. The zero-order chi connectivity index (χ0) is 21.3. The van der Waals surface area contributed by atoms with Crippen molar-refractivity contribution in [1.29, 1.82) is 0 Å². The zero-order valence-corrected chi connectivity index (χ0v) is 17.6. The number of carbonyl (C=O) groups is 1. The molecule has 8 heteroatoms. The molecule has 1 atom stereocenters. The van der Waals surface area contributed by atoms with Gasteiger partial charge in [0, 0.05) is 30.2 Å². The van der Waals surface area contributed by atoms with Crippen LogP contribution in [0.2, 0.25) is 0 Å². The van der Waals surface area contributed by atoms with E-state index in [1.54, 1.807) is 32.4 Å². The second-order valence-electron chi connectivity index (χ2n) is 7.26. The van der Waals surface area contributed by atoms with Gasteiger partial charge in [0.25, 0.3) is 5.91 Å². The van der Waals surface area contributed by atoms with Crippen molar-refractivity contribution in [2.45, 2.75) is 39.2 Å². The predicted molar refractivity (Wildman–Crippen MR) is 109 cm³/mol. The van der Waals surface area contributed by atoms with Crippen LogP contribution < -0.4 is 9.47 Å². The summed E-state index contributed by atoms with van der Waals surface area (Å²) in [6.45, 7) is 4.61. The van der Waals surface area contributed by atoms with Gasteiger partial charge in [-0.15, -0.1) is 0 Å². The number of hydrogen-bond acceptors (Lipinski definition) is 7. The highest BCUT2D eigenvalue weighted by Crippen LogP contribution is 2.37. The van der Waals surface area contributed by atoms with Crippen molar-refractivity contribution in [2.24, 2.45) is 0 Å². The first kappa shape index (κ1) is 20.0. The summed E-state index contributed by atoms with van der Waals surface area (Å²) in [5.41, 5.74) is 2.88. The Balaban J connectivity index is 1.60. The molecule has 1 saturated heterocycles. The second kappa shape index (κ2) is 8.22. The van der Waals surface area contributed by atoms with E-state index in [1.807, 2.05) is 24.8 Å². The first-order valence-corrected chi connectivity index (χ1v) is 10.0. The van der Waals surface area contributed by atoms with Gasteiger partial charge in [-0.3, -0.25) is 4.79 Å². The molecule has 4 rings (SSSR count). The summed E-state index contributed by atoms with van der Waals surface area (Å²) >= 11 is 0. The van der Waals surface area contributed by atoms with E-state index in [9.17, 15) is 4.79 Å². The number of aryl methyl sites for hydroxylation is 2. The monoisotopic (exact) mass is 411 g/mol. The van der Waals surface area contributed by atoms with E-state index in [4.69, 9.17) is 18.5 Å². The number of nitrogens with zero attached hydrogens (tertiary/aromatic N) is 3. The molecule has 0 N–H and O–H groups in total. The van der Waals surface area contributed by atoms with Crippen molar-refractivity contribution in [2.75, 3.05) is 20.8 Å². The minimum Gasteiger partial charge on any atom is -0.493 e. The summed E-state index contributed by atoms with van der Waals surface area (Å²) in [6.07, 6.45) is 2.54. The molecular formula is C22H25N3O5. The highest BCUT2D eigenvalue weighted by Gasteiger charge is 2.36. The molecule has 0 spiro atoms. The zero-order valence-electron chi connectivity index (χ0n) is 17.6. The Hall–Kier alpha value is -3.29. The van der Waals surface area contributed by atoms with Crippen LogP contribution in [0.1, 0.15) is 53.3 Å². The second-order valence-corrected chi connectivity index (χ2v) is 7.26. The van der Waals surface area contributed by atoms with E-state index in [0.29, 0.717) is 23.8 Å². The first-order chi connectivity index (χ1) is 14.6. The summed E-state index contributed by atoms with van der Waals surface area (Å²) in [4.78, 5) is 15.1.